The summed E-state index contributed by atoms with van der Waals surface area (Å²) in [6.45, 7) is 2.31. The van der Waals surface area contributed by atoms with Gasteiger partial charge in [-0.3, -0.25) is 0 Å². The molecule has 2 atom stereocenters. The Morgan fingerprint density at radius 2 is 2.19 bits per heavy atom. The molecular formula is C13H18ClNO. The van der Waals surface area contributed by atoms with E-state index in [1.54, 1.807) is 7.11 Å². The van der Waals surface area contributed by atoms with Crippen LogP contribution in [0.2, 0.25) is 5.02 Å². The first-order chi connectivity index (χ1) is 7.69. The fourth-order valence-electron chi connectivity index (χ4n) is 2.33. The Morgan fingerprint density at radius 3 is 2.75 bits per heavy atom. The van der Waals surface area contributed by atoms with Gasteiger partial charge in [0.05, 0.1) is 12.1 Å². The quantitative estimate of drug-likeness (QED) is 0.863. The highest BCUT2D eigenvalue weighted by Crippen LogP contribution is 2.31. The summed E-state index contributed by atoms with van der Waals surface area (Å²) in [5.41, 5.74) is 1.09. The molecule has 1 N–H and O–H groups in total. The van der Waals surface area contributed by atoms with Crippen LogP contribution in [0.1, 0.15) is 26.2 Å². The van der Waals surface area contributed by atoms with Gasteiger partial charge in [-0.25, -0.2) is 0 Å². The van der Waals surface area contributed by atoms with E-state index in [9.17, 15) is 0 Å². The molecule has 2 rings (SSSR count). The van der Waals surface area contributed by atoms with Crippen molar-refractivity contribution in [1.82, 2.24) is 0 Å². The fourth-order valence-corrected chi connectivity index (χ4v) is 2.59. The van der Waals surface area contributed by atoms with E-state index < -0.39 is 0 Å². The zero-order valence-corrected chi connectivity index (χ0v) is 10.6. The van der Waals surface area contributed by atoms with Crippen LogP contribution in [-0.2, 0) is 0 Å². The second kappa shape index (κ2) is 4.96. The average Bonchev–Trinajstić information content (AvgIpc) is 2.64. The predicted molar refractivity (Wildman–Crippen MR) is 68.4 cm³/mol. The molecular weight excluding hydrogens is 222 g/mol. The summed E-state index contributed by atoms with van der Waals surface area (Å²) in [4.78, 5) is 0. The highest BCUT2D eigenvalue weighted by Gasteiger charge is 2.20. The van der Waals surface area contributed by atoms with E-state index in [0.29, 0.717) is 11.1 Å². The summed E-state index contributed by atoms with van der Waals surface area (Å²) < 4.78 is 5.13. The molecule has 2 unspecified atom stereocenters. The van der Waals surface area contributed by atoms with E-state index in [-0.39, 0.29) is 0 Å². The number of hydrogen-bond acceptors (Lipinski definition) is 2. The number of anilines is 1. The van der Waals surface area contributed by atoms with E-state index in [2.05, 4.69) is 12.2 Å². The number of ether oxygens (including phenoxy) is 1. The molecule has 1 aromatic carbocycles. The van der Waals surface area contributed by atoms with Gasteiger partial charge in [0.25, 0.3) is 0 Å². The van der Waals surface area contributed by atoms with Crippen LogP contribution in [0.5, 0.6) is 5.75 Å². The molecule has 16 heavy (non-hydrogen) atoms. The first-order valence-electron chi connectivity index (χ1n) is 5.79. The summed E-state index contributed by atoms with van der Waals surface area (Å²) in [6.07, 6.45) is 3.83. The Hall–Kier alpha value is -0.890. The zero-order chi connectivity index (χ0) is 11.5. The third-order valence-electron chi connectivity index (χ3n) is 3.22. The Bertz CT molecular complexity index is 367. The van der Waals surface area contributed by atoms with Crippen LogP contribution in [0.15, 0.2) is 18.2 Å². The van der Waals surface area contributed by atoms with Gasteiger partial charge in [-0.1, -0.05) is 18.5 Å². The van der Waals surface area contributed by atoms with Crippen LogP contribution in [0.25, 0.3) is 0 Å². The average molecular weight is 240 g/mol. The maximum absolute atomic E-state index is 6.08. The van der Waals surface area contributed by atoms with Crippen molar-refractivity contribution >= 4 is 17.3 Å². The fraction of sp³-hybridized carbons (Fsp3) is 0.538. The molecule has 0 amide bonds. The lowest BCUT2D eigenvalue weighted by molar-refractivity contribution is 0.415. The summed E-state index contributed by atoms with van der Waals surface area (Å²) >= 11 is 6.08. The van der Waals surface area contributed by atoms with Crippen molar-refractivity contribution in [2.45, 2.75) is 32.2 Å². The Balaban J connectivity index is 2.02. The Morgan fingerprint density at radius 1 is 1.38 bits per heavy atom. The minimum absolute atomic E-state index is 0.597. The molecule has 0 radical (unpaired) electrons. The van der Waals surface area contributed by atoms with Crippen molar-refractivity contribution in [2.75, 3.05) is 12.4 Å². The molecule has 0 heterocycles. The Kier molecular flexibility index (Phi) is 3.59. The Labute approximate surface area is 102 Å². The molecule has 88 valence electrons. The van der Waals surface area contributed by atoms with Gasteiger partial charge in [-0.05, 0) is 43.4 Å². The highest BCUT2D eigenvalue weighted by atomic mass is 35.5. The van der Waals surface area contributed by atoms with E-state index >= 15 is 0 Å². The van der Waals surface area contributed by atoms with Gasteiger partial charge in [0.1, 0.15) is 5.75 Å². The topological polar surface area (TPSA) is 21.3 Å². The van der Waals surface area contributed by atoms with Crippen molar-refractivity contribution in [3.8, 4) is 5.75 Å². The molecule has 0 spiro atoms. The summed E-state index contributed by atoms with van der Waals surface area (Å²) in [5, 5.41) is 4.19. The van der Waals surface area contributed by atoms with Crippen LogP contribution in [-0.4, -0.2) is 13.2 Å². The van der Waals surface area contributed by atoms with E-state index in [1.807, 2.05) is 18.2 Å². The van der Waals surface area contributed by atoms with Crippen LogP contribution < -0.4 is 10.1 Å². The van der Waals surface area contributed by atoms with Crippen molar-refractivity contribution < 1.29 is 4.74 Å². The molecule has 0 saturated heterocycles. The van der Waals surface area contributed by atoms with Gasteiger partial charge >= 0.3 is 0 Å². The van der Waals surface area contributed by atoms with Gasteiger partial charge in [0.15, 0.2) is 0 Å². The van der Waals surface area contributed by atoms with E-state index in [0.717, 1.165) is 17.4 Å². The smallest absolute Gasteiger partial charge is 0.137 e. The van der Waals surface area contributed by atoms with E-state index in [4.69, 9.17) is 16.3 Å². The van der Waals surface area contributed by atoms with Crippen molar-refractivity contribution in [3.63, 3.8) is 0 Å². The van der Waals surface area contributed by atoms with Crippen LogP contribution in [0.3, 0.4) is 0 Å². The normalized spacial score (nSPS) is 24.4. The molecule has 0 aliphatic heterocycles. The predicted octanol–water partition coefficient (Wildman–Crippen LogP) is 3.95. The molecule has 1 fully saturated rings. The van der Waals surface area contributed by atoms with Crippen molar-refractivity contribution in [1.29, 1.82) is 0 Å². The minimum atomic E-state index is 0.597. The lowest BCUT2D eigenvalue weighted by atomic mass is 10.1. The standard InChI is InChI=1S/C13H18ClNO/c1-9-3-4-10(7-9)15-11-5-6-13(16-2)12(14)8-11/h5-6,8-10,15H,3-4,7H2,1-2H3. The molecule has 1 aliphatic rings. The molecule has 1 aliphatic carbocycles. The first kappa shape index (κ1) is 11.6. The third kappa shape index (κ3) is 2.62. The van der Waals surface area contributed by atoms with Crippen molar-refractivity contribution in [2.24, 2.45) is 5.92 Å². The van der Waals surface area contributed by atoms with Gasteiger partial charge in [-0.15, -0.1) is 0 Å². The molecule has 0 aromatic heterocycles. The van der Waals surface area contributed by atoms with Crippen LogP contribution in [0.4, 0.5) is 5.69 Å². The molecule has 1 saturated carbocycles. The summed E-state index contributed by atoms with van der Waals surface area (Å²) in [6, 6.07) is 6.46. The number of halogens is 1. The van der Waals surface area contributed by atoms with Gasteiger partial charge in [-0.2, -0.15) is 0 Å². The lowest BCUT2D eigenvalue weighted by Gasteiger charge is -2.15. The van der Waals surface area contributed by atoms with E-state index in [1.165, 1.54) is 19.3 Å². The van der Waals surface area contributed by atoms with Gasteiger partial charge in [0.2, 0.25) is 0 Å². The number of benzene rings is 1. The molecule has 2 nitrogen and oxygen atoms in total. The zero-order valence-electron chi connectivity index (χ0n) is 9.79. The number of rotatable bonds is 3. The second-order valence-electron chi connectivity index (χ2n) is 4.61. The van der Waals surface area contributed by atoms with Crippen molar-refractivity contribution in [3.05, 3.63) is 23.2 Å². The van der Waals surface area contributed by atoms with Gasteiger partial charge < -0.3 is 10.1 Å². The second-order valence-corrected chi connectivity index (χ2v) is 5.02. The largest absolute Gasteiger partial charge is 0.495 e. The maximum atomic E-state index is 6.08. The first-order valence-corrected chi connectivity index (χ1v) is 6.17. The van der Waals surface area contributed by atoms with Crippen LogP contribution >= 0.6 is 11.6 Å². The number of nitrogens with one attached hydrogen (secondary N) is 1. The maximum Gasteiger partial charge on any atom is 0.137 e. The monoisotopic (exact) mass is 239 g/mol. The number of methoxy groups -OCH3 is 1. The third-order valence-corrected chi connectivity index (χ3v) is 3.51. The highest BCUT2D eigenvalue weighted by molar-refractivity contribution is 6.32. The SMILES string of the molecule is COc1ccc(NC2CCC(C)C2)cc1Cl. The minimum Gasteiger partial charge on any atom is -0.495 e. The number of hydrogen-bond donors (Lipinski definition) is 1. The molecule has 3 heteroatoms. The molecule has 0 bridgehead atoms. The lowest BCUT2D eigenvalue weighted by Crippen LogP contribution is -2.15. The van der Waals surface area contributed by atoms with Gasteiger partial charge in [0, 0.05) is 11.7 Å². The summed E-state index contributed by atoms with van der Waals surface area (Å²) in [5.74, 6) is 1.57. The molecule has 1 aromatic rings. The van der Waals surface area contributed by atoms with Crippen LogP contribution in [0, 0.1) is 5.92 Å². The summed E-state index contributed by atoms with van der Waals surface area (Å²) in [7, 11) is 1.63.